The van der Waals surface area contributed by atoms with Crippen LogP contribution in [0.1, 0.15) is 12.5 Å². The molecule has 0 heterocycles. The van der Waals surface area contributed by atoms with Gasteiger partial charge in [0.25, 0.3) is 0 Å². The SMILES string of the molecule is C=CCc1ccccc1OC(N)C(C)O. The van der Waals surface area contributed by atoms with Crippen molar-refractivity contribution in [3.05, 3.63) is 42.5 Å². The highest BCUT2D eigenvalue weighted by molar-refractivity contribution is 5.34. The van der Waals surface area contributed by atoms with Crippen LogP contribution in [0.25, 0.3) is 0 Å². The van der Waals surface area contributed by atoms with Crippen LogP contribution in [0.2, 0.25) is 0 Å². The van der Waals surface area contributed by atoms with Gasteiger partial charge in [-0.3, -0.25) is 5.73 Å². The van der Waals surface area contributed by atoms with Crippen molar-refractivity contribution < 1.29 is 9.84 Å². The van der Waals surface area contributed by atoms with Gasteiger partial charge < -0.3 is 9.84 Å². The van der Waals surface area contributed by atoms with Gasteiger partial charge in [0.15, 0.2) is 6.23 Å². The molecule has 0 aliphatic rings. The first-order valence-electron chi connectivity index (χ1n) is 4.94. The minimum absolute atomic E-state index is 0.693. The van der Waals surface area contributed by atoms with Gasteiger partial charge in [-0.2, -0.15) is 0 Å². The van der Waals surface area contributed by atoms with E-state index in [1.54, 1.807) is 13.0 Å². The molecule has 0 radical (unpaired) electrons. The summed E-state index contributed by atoms with van der Waals surface area (Å²) >= 11 is 0. The standard InChI is InChI=1S/C12H17NO2/c1-3-6-10-7-4-5-8-11(10)15-12(13)9(2)14/h3-5,7-9,12,14H,1,6,13H2,2H3. The first-order chi connectivity index (χ1) is 7.15. The molecule has 3 heteroatoms. The molecule has 0 saturated carbocycles. The number of aliphatic hydroxyl groups excluding tert-OH is 1. The van der Waals surface area contributed by atoms with Crippen molar-refractivity contribution in [1.82, 2.24) is 0 Å². The summed E-state index contributed by atoms with van der Waals surface area (Å²) in [4.78, 5) is 0. The largest absolute Gasteiger partial charge is 0.473 e. The summed E-state index contributed by atoms with van der Waals surface area (Å²) in [6, 6.07) is 7.59. The molecule has 15 heavy (non-hydrogen) atoms. The number of ether oxygens (including phenoxy) is 1. The minimum atomic E-state index is -0.698. The Hall–Kier alpha value is -1.32. The number of hydrogen-bond acceptors (Lipinski definition) is 3. The predicted octanol–water partition coefficient (Wildman–Crippen LogP) is 1.46. The topological polar surface area (TPSA) is 55.5 Å². The molecule has 0 aliphatic heterocycles. The van der Waals surface area contributed by atoms with E-state index in [9.17, 15) is 5.11 Å². The average Bonchev–Trinajstić information content (AvgIpc) is 2.21. The zero-order valence-electron chi connectivity index (χ0n) is 8.89. The fourth-order valence-electron chi connectivity index (χ4n) is 1.19. The molecule has 0 fully saturated rings. The van der Waals surface area contributed by atoms with Crippen molar-refractivity contribution in [2.75, 3.05) is 0 Å². The Kier molecular flexibility index (Phi) is 4.34. The van der Waals surface area contributed by atoms with Gasteiger partial charge in [-0.25, -0.2) is 0 Å². The number of para-hydroxylation sites is 1. The van der Waals surface area contributed by atoms with Crippen LogP contribution in [0.15, 0.2) is 36.9 Å². The molecule has 0 amide bonds. The summed E-state index contributed by atoms with van der Waals surface area (Å²) in [7, 11) is 0. The third-order valence-corrected chi connectivity index (χ3v) is 2.08. The molecular weight excluding hydrogens is 190 g/mol. The molecule has 2 unspecified atom stereocenters. The van der Waals surface area contributed by atoms with E-state index in [-0.39, 0.29) is 0 Å². The van der Waals surface area contributed by atoms with Gasteiger partial charge >= 0.3 is 0 Å². The van der Waals surface area contributed by atoms with Gasteiger partial charge in [-0.05, 0) is 25.0 Å². The third-order valence-electron chi connectivity index (χ3n) is 2.08. The maximum Gasteiger partial charge on any atom is 0.173 e. The van der Waals surface area contributed by atoms with E-state index in [4.69, 9.17) is 10.5 Å². The zero-order valence-corrected chi connectivity index (χ0v) is 8.89. The van der Waals surface area contributed by atoms with Gasteiger partial charge in [-0.1, -0.05) is 24.3 Å². The van der Waals surface area contributed by atoms with Crippen LogP contribution in [0.4, 0.5) is 0 Å². The van der Waals surface area contributed by atoms with Crippen molar-refractivity contribution >= 4 is 0 Å². The summed E-state index contributed by atoms with van der Waals surface area (Å²) in [5.41, 5.74) is 6.63. The maximum absolute atomic E-state index is 9.23. The Bertz CT molecular complexity index is 323. The van der Waals surface area contributed by atoms with Crippen LogP contribution in [0, 0.1) is 0 Å². The first-order valence-corrected chi connectivity index (χ1v) is 4.94. The van der Waals surface area contributed by atoms with Gasteiger partial charge in [0.05, 0.1) is 0 Å². The van der Waals surface area contributed by atoms with Crippen LogP contribution >= 0.6 is 0 Å². The van der Waals surface area contributed by atoms with E-state index < -0.39 is 12.3 Å². The molecule has 0 aromatic heterocycles. The van der Waals surface area contributed by atoms with Crippen molar-refractivity contribution in [2.45, 2.75) is 25.7 Å². The van der Waals surface area contributed by atoms with E-state index >= 15 is 0 Å². The zero-order chi connectivity index (χ0) is 11.3. The molecule has 0 bridgehead atoms. The average molecular weight is 207 g/mol. The maximum atomic E-state index is 9.23. The summed E-state index contributed by atoms with van der Waals surface area (Å²) in [5, 5.41) is 9.23. The van der Waals surface area contributed by atoms with Crippen molar-refractivity contribution in [3.8, 4) is 5.75 Å². The Labute approximate surface area is 90.2 Å². The van der Waals surface area contributed by atoms with Crippen LogP contribution in [0.5, 0.6) is 5.75 Å². The van der Waals surface area contributed by atoms with E-state index in [1.807, 2.05) is 24.3 Å². The highest BCUT2D eigenvalue weighted by atomic mass is 16.5. The van der Waals surface area contributed by atoms with Gasteiger partial charge in [0.2, 0.25) is 0 Å². The second-order valence-corrected chi connectivity index (χ2v) is 3.42. The van der Waals surface area contributed by atoms with Crippen LogP contribution in [-0.4, -0.2) is 17.4 Å². The summed E-state index contributed by atoms with van der Waals surface area (Å²) in [6.45, 7) is 5.27. The molecule has 3 nitrogen and oxygen atoms in total. The molecule has 0 saturated heterocycles. The molecular formula is C12H17NO2. The number of nitrogens with two attached hydrogens (primary N) is 1. The third kappa shape index (κ3) is 3.38. The van der Waals surface area contributed by atoms with Gasteiger partial charge in [0.1, 0.15) is 11.9 Å². The van der Waals surface area contributed by atoms with E-state index in [1.165, 1.54) is 0 Å². The molecule has 1 aromatic rings. The monoisotopic (exact) mass is 207 g/mol. The number of benzene rings is 1. The van der Waals surface area contributed by atoms with Crippen molar-refractivity contribution in [1.29, 1.82) is 0 Å². The number of hydrogen-bond donors (Lipinski definition) is 2. The van der Waals surface area contributed by atoms with Crippen LogP contribution in [0.3, 0.4) is 0 Å². The Morgan fingerprint density at radius 1 is 1.53 bits per heavy atom. The van der Waals surface area contributed by atoms with E-state index in [2.05, 4.69) is 6.58 Å². The Balaban J connectivity index is 2.79. The summed E-state index contributed by atoms with van der Waals surface area (Å²) < 4.78 is 5.44. The first kappa shape index (κ1) is 11.8. The lowest BCUT2D eigenvalue weighted by Crippen LogP contribution is -2.38. The molecule has 1 rings (SSSR count). The Morgan fingerprint density at radius 2 is 2.20 bits per heavy atom. The molecule has 3 N–H and O–H groups in total. The predicted molar refractivity (Wildman–Crippen MR) is 60.6 cm³/mol. The number of allylic oxidation sites excluding steroid dienone is 1. The van der Waals surface area contributed by atoms with Crippen LogP contribution < -0.4 is 10.5 Å². The van der Waals surface area contributed by atoms with Gasteiger partial charge in [-0.15, -0.1) is 6.58 Å². The lowest BCUT2D eigenvalue weighted by molar-refractivity contribution is 0.0523. The quantitative estimate of drug-likeness (QED) is 0.567. The van der Waals surface area contributed by atoms with E-state index in [0.29, 0.717) is 5.75 Å². The fourth-order valence-corrected chi connectivity index (χ4v) is 1.19. The number of rotatable bonds is 5. The smallest absolute Gasteiger partial charge is 0.173 e. The minimum Gasteiger partial charge on any atom is -0.473 e. The summed E-state index contributed by atoms with van der Waals surface area (Å²) in [6.07, 6.45) is 1.14. The van der Waals surface area contributed by atoms with Crippen molar-refractivity contribution in [3.63, 3.8) is 0 Å². The second kappa shape index (κ2) is 5.53. The van der Waals surface area contributed by atoms with Gasteiger partial charge in [0, 0.05) is 0 Å². The van der Waals surface area contributed by atoms with Crippen molar-refractivity contribution in [2.24, 2.45) is 5.73 Å². The summed E-state index contributed by atoms with van der Waals surface area (Å²) in [5.74, 6) is 0.700. The highest BCUT2D eigenvalue weighted by Crippen LogP contribution is 2.19. The fraction of sp³-hybridized carbons (Fsp3) is 0.333. The molecule has 0 spiro atoms. The molecule has 1 aromatic carbocycles. The molecule has 82 valence electrons. The normalized spacial score (nSPS) is 14.3. The lowest BCUT2D eigenvalue weighted by Gasteiger charge is -2.18. The molecule has 0 aliphatic carbocycles. The van der Waals surface area contributed by atoms with Crippen LogP contribution in [-0.2, 0) is 6.42 Å². The van der Waals surface area contributed by atoms with E-state index in [0.717, 1.165) is 12.0 Å². The lowest BCUT2D eigenvalue weighted by atomic mass is 10.1. The second-order valence-electron chi connectivity index (χ2n) is 3.42. The number of aliphatic hydroxyl groups is 1. The Morgan fingerprint density at radius 3 is 2.80 bits per heavy atom. The molecule has 2 atom stereocenters. The highest BCUT2D eigenvalue weighted by Gasteiger charge is 2.12.